The SMILES string of the molecule is CC(C)(C)OC(=O)N1CCCC1C=O.CNCc1cccc(C)c1F. The Morgan fingerprint density at radius 1 is 1.44 bits per heavy atom. The summed E-state index contributed by atoms with van der Waals surface area (Å²) in [5, 5.41) is 2.91. The third-order valence-corrected chi connectivity index (χ3v) is 3.72. The lowest BCUT2D eigenvalue weighted by Crippen LogP contribution is -2.40. The number of carbonyl (C=O) groups is 2. The Bertz CT molecular complexity index is 585. The zero-order valence-electron chi connectivity index (χ0n) is 15.8. The van der Waals surface area contributed by atoms with E-state index in [0.717, 1.165) is 24.7 Å². The van der Waals surface area contributed by atoms with Crippen molar-refractivity contribution in [3.8, 4) is 0 Å². The molecule has 1 heterocycles. The van der Waals surface area contributed by atoms with Crippen molar-refractivity contribution >= 4 is 12.4 Å². The number of nitrogens with zero attached hydrogens (tertiary/aromatic N) is 1. The minimum atomic E-state index is -0.493. The van der Waals surface area contributed by atoms with E-state index in [4.69, 9.17) is 4.74 Å². The number of likely N-dealkylation sites (tertiary alicyclic amines) is 1. The highest BCUT2D eigenvalue weighted by atomic mass is 19.1. The first-order valence-corrected chi connectivity index (χ1v) is 8.53. The molecular weight excluding hydrogens is 323 g/mol. The number of amides is 1. The van der Waals surface area contributed by atoms with Gasteiger partial charge in [-0.2, -0.15) is 0 Å². The van der Waals surface area contributed by atoms with Crippen LogP contribution >= 0.6 is 0 Å². The summed E-state index contributed by atoms with van der Waals surface area (Å²) in [5.74, 6) is -0.0955. The summed E-state index contributed by atoms with van der Waals surface area (Å²) in [6.07, 6.45) is 2.06. The van der Waals surface area contributed by atoms with Gasteiger partial charge in [0.2, 0.25) is 0 Å². The summed E-state index contributed by atoms with van der Waals surface area (Å²) in [6.45, 7) is 8.44. The van der Waals surface area contributed by atoms with E-state index in [1.807, 2.05) is 33.9 Å². The number of hydrogen-bond acceptors (Lipinski definition) is 4. The lowest BCUT2D eigenvalue weighted by Gasteiger charge is -2.26. The van der Waals surface area contributed by atoms with Gasteiger partial charge < -0.3 is 14.8 Å². The molecule has 1 fully saturated rings. The van der Waals surface area contributed by atoms with Crippen molar-refractivity contribution < 1.29 is 18.7 Å². The van der Waals surface area contributed by atoms with E-state index in [0.29, 0.717) is 18.7 Å². The topological polar surface area (TPSA) is 58.6 Å². The maximum atomic E-state index is 13.1. The molecule has 1 aliphatic rings. The quantitative estimate of drug-likeness (QED) is 0.847. The smallest absolute Gasteiger partial charge is 0.410 e. The Hall–Kier alpha value is -1.95. The Kier molecular flexibility index (Phi) is 8.03. The van der Waals surface area contributed by atoms with E-state index in [9.17, 15) is 14.0 Å². The molecule has 140 valence electrons. The molecule has 1 unspecified atom stereocenters. The molecule has 0 radical (unpaired) electrons. The molecular formula is C19H29FN2O3. The minimum absolute atomic E-state index is 0.0955. The van der Waals surface area contributed by atoms with Gasteiger partial charge in [0.1, 0.15) is 17.7 Å². The van der Waals surface area contributed by atoms with Crippen LogP contribution in [0, 0.1) is 12.7 Å². The molecule has 2 rings (SSSR count). The molecule has 0 aliphatic carbocycles. The van der Waals surface area contributed by atoms with Gasteiger partial charge >= 0.3 is 6.09 Å². The van der Waals surface area contributed by atoms with Crippen LogP contribution in [0.15, 0.2) is 18.2 Å². The minimum Gasteiger partial charge on any atom is -0.444 e. The normalized spacial score (nSPS) is 16.9. The summed E-state index contributed by atoms with van der Waals surface area (Å²) >= 11 is 0. The maximum absolute atomic E-state index is 13.1. The molecule has 0 saturated carbocycles. The number of rotatable bonds is 3. The van der Waals surface area contributed by atoms with E-state index in [1.54, 1.807) is 19.1 Å². The van der Waals surface area contributed by atoms with Crippen LogP contribution in [0.2, 0.25) is 0 Å². The van der Waals surface area contributed by atoms with E-state index in [-0.39, 0.29) is 18.0 Å². The third-order valence-electron chi connectivity index (χ3n) is 3.72. The summed E-state index contributed by atoms with van der Waals surface area (Å²) in [6, 6.07) is 5.14. The van der Waals surface area contributed by atoms with Crippen molar-refractivity contribution in [1.29, 1.82) is 0 Å². The molecule has 1 saturated heterocycles. The zero-order valence-corrected chi connectivity index (χ0v) is 15.8. The number of halogens is 1. The van der Waals surface area contributed by atoms with Gasteiger partial charge in [-0.25, -0.2) is 9.18 Å². The average molecular weight is 352 g/mol. The third kappa shape index (κ3) is 6.82. The second kappa shape index (κ2) is 9.51. The second-order valence-electron chi connectivity index (χ2n) is 7.10. The fraction of sp³-hybridized carbons (Fsp3) is 0.579. The molecule has 1 aromatic carbocycles. The lowest BCUT2D eigenvalue weighted by molar-refractivity contribution is -0.111. The van der Waals surface area contributed by atoms with Crippen molar-refractivity contribution in [2.24, 2.45) is 0 Å². The van der Waals surface area contributed by atoms with Crippen LogP contribution in [0.4, 0.5) is 9.18 Å². The van der Waals surface area contributed by atoms with Crippen LogP contribution in [-0.4, -0.2) is 42.5 Å². The molecule has 6 heteroatoms. The van der Waals surface area contributed by atoms with E-state index in [1.165, 1.54) is 4.90 Å². The lowest BCUT2D eigenvalue weighted by atomic mass is 10.1. The second-order valence-corrected chi connectivity index (χ2v) is 7.10. The van der Waals surface area contributed by atoms with Gasteiger partial charge in [-0.05, 0) is 53.1 Å². The van der Waals surface area contributed by atoms with Crippen LogP contribution in [0.3, 0.4) is 0 Å². The van der Waals surface area contributed by atoms with E-state index in [2.05, 4.69) is 5.32 Å². The molecule has 0 aromatic heterocycles. The predicted octanol–water partition coefficient (Wildman–Crippen LogP) is 3.44. The van der Waals surface area contributed by atoms with Crippen molar-refractivity contribution in [2.45, 2.75) is 58.7 Å². The molecule has 1 N–H and O–H groups in total. The fourth-order valence-electron chi connectivity index (χ4n) is 2.52. The molecule has 5 nitrogen and oxygen atoms in total. The summed E-state index contributed by atoms with van der Waals surface area (Å²) < 4.78 is 18.3. The summed E-state index contributed by atoms with van der Waals surface area (Å²) in [5.41, 5.74) is 0.942. The van der Waals surface area contributed by atoms with Crippen LogP contribution in [0.1, 0.15) is 44.7 Å². The van der Waals surface area contributed by atoms with Crippen LogP contribution in [0.25, 0.3) is 0 Å². The highest BCUT2D eigenvalue weighted by Gasteiger charge is 2.31. The fourth-order valence-corrected chi connectivity index (χ4v) is 2.52. The highest BCUT2D eigenvalue weighted by Crippen LogP contribution is 2.19. The molecule has 1 amide bonds. The predicted molar refractivity (Wildman–Crippen MR) is 95.9 cm³/mol. The van der Waals surface area contributed by atoms with E-state index >= 15 is 0 Å². The first-order valence-electron chi connectivity index (χ1n) is 8.53. The molecule has 1 aliphatic heterocycles. The highest BCUT2D eigenvalue weighted by molar-refractivity contribution is 5.74. The van der Waals surface area contributed by atoms with Crippen molar-refractivity contribution in [1.82, 2.24) is 10.2 Å². The number of aryl methyl sites for hydroxylation is 1. The average Bonchev–Trinajstić information content (AvgIpc) is 3.00. The van der Waals surface area contributed by atoms with Gasteiger partial charge in [0, 0.05) is 18.7 Å². The number of benzene rings is 1. The molecule has 1 atom stereocenters. The number of aldehydes is 1. The Morgan fingerprint density at radius 2 is 2.12 bits per heavy atom. The maximum Gasteiger partial charge on any atom is 0.410 e. The van der Waals surface area contributed by atoms with Crippen LogP contribution in [-0.2, 0) is 16.1 Å². The summed E-state index contributed by atoms with van der Waals surface area (Å²) in [7, 11) is 1.81. The Balaban J connectivity index is 0.000000257. The number of hydrogen-bond donors (Lipinski definition) is 1. The van der Waals surface area contributed by atoms with E-state index < -0.39 is 5.60 Å². The molecule has 0 bridgehead atoms. The molecule has 1 aromatic rings. The Morgan fingerprint density at radius 3 is 2.68 bits per heavy atom. The van der Waals surface area contributed by atoms with Gasteiger partial charge in [-0.1, -0.05) is 18.2 Å². The molecule has 25 heavy (non-hydrogen) atoms. The monoisotopic (exact) mass is 352 g/mol. The Labute approximate surface area is 149 Å². The first kappa shape index (κ1) is 21.1. The van der Waals surface area contributed by atoms with Crippen molar-refractivity contribution in [3.05, 3.63) is 35.1 Å². The largest absolute Gasteiger partial charge is 0.444 e. The van der Waals surface area contributed by atoms with Gasteiger partial charge in [-0.3, -0.25) is 4.90 Å². The van der Waals surface area contributed by atoms with Gasteiger partial charge in [0.05, 0.1) is 6.04 Å². The zero-order chi connectivity index (χ0) is 19.0. The first-order chi connectivity index (χ1) is 11.7. The summed E-state index contributed by atoms with van der Waals surface area (Å²) in [4.78, 5) is 23.7. The molecule has 0 spiro atoms. The van der Waals surface area contributed by atoms with Crippen LogP contribution < -0.4 is 5.32 Å². The van der Waals surface area contributed by atoms with Gasteiger partial charge in [-0.15, -0.1) is 0 Å². The van der Waals surface area contributed by atoms with Crippen molar-refractivity contribution in [3.63, 3.8) is 0 Å². The number of ether oxygens (including phenoxy) is 1. The van der Waals surface area contributed by atoms with Crippen molar-refractivity contribution in [2.75, 3.05) is 13.6 Å². The van der Waals surface area contributed by atoms with Gasteiger partial charge in [0.25, 0.3) is 0 Å². The number of carbonyl (C=O) groups excluding carboxylic acids is 2. The van der Waals surface area contributed by atoms with Crippen LogP contribution in [0.5, 0.6) is 0 Å². The number of nitrogens with one attached hydrogen (secondary N) is 1. The van der Waals surface area contributed by atoms with Gasteiger partial charge in [0.15, 0.2) is 0 Å². The standard InChI is InChI=1S/C10H17NO3.C9H12FN/c1-10(2,3)14-9(13)11-6-4-5-8(11)7-12;1-7-4-3-5-8(6-11-2)9(7)10/h7-8H,4-6H2,1-3H3;3-5,11H,6H2,1-2H3.